The first-order chi connectivity index (χ1) is 8.29. The highest BCUT2D eigenvalue weighted by Crippen LogP contribution is 2.21. The van der Waals surface area contributed by atoms with Crippen LogP contribution in [0.4, 0.5) is 17.6 Å². The molecule has 102 valence electrons. The number of hydrogen-bond donors (Lipinski definition) is 1. The van der Waals surface area contributed by atoms with E-state index in [9.17, 15) is 17.6 Å². The van der Waals surface area contributed by atoms with Gasteiger partial charge in [-0.15, -0.1) is 0 Å². The molecule has 7 heteroatoms. The van der Waals surface area contributed by atoms with Crippen LogP contribution in [0.5, 0.6) is 5.75 Å². The second-order valence-electron chi connectivity index (χ2n) is 3.70. The Morgan fingerprint density at radius 2 is 2.00 bits per heavy atom. The van der Waals surface area contributed by atoms with Crippen LogP contribution in [-0.4, -0.2) is 19.6 Å². The molecule has 18 heavy (non-hydrogen) atoms. The average Bonchev–Trinajstić information content (AvgIpc) is 2.24. The summed E-state index contributed by atoms with van der Waals surface area (Å²) < 4.78 is 57.5. The molecule has 2 N–H and O–H groups in total. The Bertz CT molecular complexity index is 393. The highest BCUT2D eigenvalue weighted by Gasteiger charge is 2.27. The molecule has 0 saturated heterocycles. The molecule has 0 saturated carbocycles. The van der Waals surface area contributed by atoms with Gasteiger partial charge < -0.3 is 15.2 Å². The Morgan fingerprint density at radius 1 is 1.33 bits per heavy atom. The van der Waals surface area contributed by atoms with Crippen LogP contribution in [0.25, 0.3) is 0 Å². The van der Waals surface area contributed by atoms with Gasteiger partial charge in [0.25, 0.3) is 0 Å². The van der Waals surface area contributed by atoms with Gasteiger partial charge in [-0.3, -0.25) is 0 Å². The molecule has 3 nitrogen and oxygen atoms in total. The second-order valence-corrected chi connectivity index (χ2v) is 3.70. The summed E-state index contributed by atoms with van der Waals surface area (Å²) in [5.74, 6) is -0.873. The third kappa shape index (κ3) is 4.89. The summed E-state index contributed by atoms with van der Waals surface area (Å²) in [7, 11) is 0. The van der Waals surface area contributed by atoms with E-state index in [2.05, 4.69) is 4.74 Å². The number of hydrogen-bond acceptors (Lipinski definition) is 3. The molecule has 0 radical (unpaired) electrons. The van der Waals surface area contributed by atoms with E-state index in [1.165, 1.54) is 18.2 Å². The zero-order chi connectivity index (χ0) is 13.8. The molecule has 0 aromatic heterocycles. The van der Waals surface area contributed by atoms with E-state index < -0.39 is 25.4 Å². The topological polar surface area (TPSA) is 44.5 Å². The van der Waals surface area contributed by atoms with Crippen molar-refractivity contribution in [3.8, 4) is 5.75 Å². The first-order valence-electron chi connectivity index (χ1n) is 5.12. The van der Waals surface area contributed by atoms with Crippen molar-refractivity contribution in [3.63, 3.8) is 0 Å². The molecule has 0 unspecified atom stereocenters. The van der Waals surface area contributed by atoms with Crippen molar-refractivity contribution in [2.75, 3.05) is 13.4 Å². The minimum atomic E-state index is -4.43. The van der Waals surface area contributed by atoms with E-state index in [1.54, 1.807) is 6.92 Å². The normalized spacial score (nSPS) is 13.4. The highest BCUT2D eigenvalue weighted by molar-refractivity contribution is 5.30. The molecule has 0 aliphatic rings. The van der Waals surface area contributed by atoms with Gasteiger partial charge in [-0.05, 0) is 24.6 Å². The molecule has 1 atom stereocenters. The van der Waals surface area contributed by atoms with Gasteiger partial charge in [0.05, 0.1) is 0 Å². The molecule has 0 heterocycles. The summed E-state index contributed by atoms with van der Waals surface area (Å²) in [6, 6.07) is 3.66. The first kappa shape index (κ1) is 14.7. The number of nitrogens with two attached hydrogens (primary N) is 1. The van der Waals surface area contributed by atoms with Gasteiger partial charge >= 0.3 is 6.18 Å². The Hall–Kier alpha value is -1.34. The van der Waals surface area contributed by atoms with Gasteiger partial charge in [0.15, 0.2) is 18.4 Å². The molecule has 1 rings (SSSR count). The zero-order valence-electron chi connectivity index (χ0n) is 9.63. The van der Waals surface area contributed by atoms with Gasteiger partial charge in [-0.25, -0.2) is 4.39 Å². The molecule has 0 aliphatic heterocycles. The maximum Gasteiger partial charge on any atom is 0.411 e. The Kier molecular flexibility index (Phi) is 4.92. The Balaban J connectivity index is 2.48. The molecule has 0 fully saturated rings. The van der Waals surface area contributed by atoms with E-state index in [1.807, 2.05) is 0 Å². The molecule has 0 amide bonds. The van der Waals surface area contributed by atoms with Gasteiger partial charge in [0.2, 0.25) is 0 Å². The van der Waals surface area contributed by atoms with Gasteiger partial charge in [-0.2, -0.15) is 13.2 Å². The summed E-state index contributed by atoms with van der Waals surface area (Å²) in [5, 5.41) is 0. The van der Waals surface area contributed by atoms with Crippen molar-refractivity contribution in [1.82, 2.24) is 0 Å². The highest BCUT2D eigenvalue weighted by atomic mass is 19.4. The van der Waals surface area contributed by atoms with Crippen molar-refractivity contribution in [1.29, 1.82) is 0 Å². The summed E-state index contributed by atoms with van der Waals surface area (Å²) in [6.45, 7) is -0.428. The van der Waals surface area contributed by atoms with Crippen molar-refractivity contribution < 1.29 is 27.0 Å². The molecular weight excluding hydrogens is 254 g/mol. The Labute approximate surface area is 101 Å². The summed E-state index contributed by atoms with van der Waals surface area (Å²) in [4.78, 5) is 0. The number of alkyl halides is 3. The van der Waals surface area contributed by atoms with E-state index in [0.717, 1.165) is 0 Å². The molecule has 1 aromatic carbocycles. The quantitative estimate of drug-likeness (QED) is 0.507. The molecule has 0 spiro atoms. The Morgan fingerprint density at radius 3 is 2.50 bits per heavy atom. The van der Waals surface area contributed by atoms with Crippen LogP contribution in [0.3, 0.4) is 0 Å². The first-order valence-corrected chi connectivity index (χ1v) is 5.12. The van der Waals surface area contributed by atoms with Crippen LogP contribution >= 0.6 is 0 Å². The SMILES string of the molecule is C[C@@H](N)c1ccc(OCOCC(F)(F)F)c(F)c1. The third-order valence-corrected chi connectivity index (χ3v) is 2.05. The number of ether oxygens (including phenoxy) is 2. The number of rotatable bonds is 5. The molecular formula is C11H13F4NO2. The van der Waals surface area contributed by atoms with Gasteiger partial charge in [0.1, 0.15) is 6.61 Å². The largest absolute Gasteiger partial charge is 0.464 e. The standard InChI is InChI=1S/C11H13F4NO2/c1-7(16)8-2-3-10(9(12)4-8)18-6-17-5-11(13,14)15/h2-4,7H,5-6,16H2,1H3/t7-/m1/s1. The predicted molar refractivity (Wildman–Crippen MR) is 56.5 cm³/mol. The van der Waals surface area contributed by atoms with E-state index in [4.69, 9.17) is 10.5 Å². The lowest BCUT2D eigenvalue weighted by atomic mass is 10.1. The van der Waals surface area contributed by atoms with Crippen LogP contribution in [0, 0.1) is 5.82 Å². The van der Waals surface area contributed by atoms with Crippen LogP contribution in [0.15, 0.2) is 18.2 Å². The lowest BCUT2D eigenvalue weighted by molar-refractivity contribution is -0.187. The maximum absolute atomic E-state index is 13.4. The van der Waals surface area contributed by atoms with E-state index >= 15 is 0 Å². The molecule has 0 bridgehead atoms. The minimum Gasteiger partial charge on any atom is -0.464 e. The molecule has 1 aromatic rings. The predicted octanol–water partition coefficient (Wildman–Crippen LogP) is 2.76. The zero-order valence-corrected chi connectivity index (χ0v) is 9.63. The monoisotopic (exact) mass is 267 g/mol. The lowest BCUT2D eigenvalue weighted by Crippen LogP contribution is -2.19. The van der Waals surface area contributed by atoms with Crippen LogP contribution in [-0.2, 0) is 4.74 Å². The maximum atomic E-state index is 13.4. The van der Waals surface area contributed by atoms with Crippen LogP contribution in [0.2, 0.25) is 0 Å². The van der Waals surface area contributed by atoms with Crippen LogP contribution in [0.1, 0.15) is 18.5 Å². The third-order valence-electron chi connectivity index (χ3n) is 2.05. The molecule has 0 aliphatic carbocycles. The second kappa shape index (κ2) is 6.01. The van der Waals surface area contributed by atoms with Crippen molar-refractivity contribution in [3.05, 3.63) is 29.6 Å². The number of halogens is 4. The smallest absolute Gasteiger partial charge is 0.411 e. The fraction of sp³-hybridized carbons (Fsp3) is 0.455. The van der Waals surface area contributed by atoms with Crippen molar-refractivity contribution >= 4 is 0 Å². The van der Waals surface area contributed by atoms with Gasteiger partial charge in [0, 0.05) is 6.04 Å². The summed E-state index contributed by atoms with van der Waals surface area (Å²) >= 11 is 0. The van der Waals surface area contributed by atoms with E-state index in [-0.39, 0.29) is 11.8 Å². The van der Waals surface area contributed by atoms with E-state index in [0.29, 0.717) is 5.56 Å². The van der Waals surface area contributed by atoms with Crippen LogP contribution < -0.4 is 10.5 Å². The fourth-order valence-corrected chi connectivity index (χ4v) is 1.18. The minimum absolute atomic E-state index is 0.179. The number of benzene rings is 1. The fourth-order valence-electron chi connectivity index (χ4n) is 1.18. The van der Waals surface area contributed by atoms with Crippen molar-refractivity contribution in [2.24, 2.45) is 5.73 Å². The lowest BCUT2D eigenvalue weighted by Gasteiger charge is -2.11. The van der Waals surface area contributed by atoms with Crippen molar-refractivity contribution in [2.45, 2.75) is 19.1 Å². The average molecular weight is 267 g/mol. The van der Waals surface area contributed by atoms with Gasteiger partial charge in [-0.1, -0.05) is 6.07 Å². The summed E-state index contributed by atoms with van der Waals surface area (Å²) in [6.07, 6.45) is -4.43. The summed E-state index contributed by atoms with van der Waals surface area (Å²) in [5.41, 5.74) is 6.11.